The molecule has 7 heteroatoms. The van der Waals surface area contributed by atoms with Crippen LogP contribution in [0.15, 0.2) is 53.1 Å². The smallest absolute Gasteiger partial charge is 0.231 e. The molecule has 7 nitrogen and oxygen atoms in total. The molecule has 1 saturated heterocycles. The average Bonchev–Trinajstić information content (AvgIpc) is 3.29. The summed E-state index contributed by atoms with van der Waals surface area (Å²) in [6.07, 6.45) is 0.626. The van der Waals surface area contributed by atoms with Crippen LogP contribution in [-0.2, 0) is 16.0 Å². The molecule has 3 aromatic rings. The fourth-order valence-electron chi connectivity index (χ4n) is 3.46. The van der Waals surface area contributed by atoms with Crippen LogP contribution in [0.4, 0.5) is 11.4 Å². The standard InChI is InChI=1S/C22H22N4O3/c1-14-7-9-18(10-8-14)26-13-17(12-21(26)27)22(28)24-19-6-4-3-5-16(19)11-20-23-15(2)25-29-20/h3-10,17H,11-13H2,1-2H3,(H,24,28). The summed E-state index contributed by atoms with van der Waals surface area (Å²) in [5, 5.41) is 6.77. The van der Waals surface area contributed by atoms with Crippen LogP contribution >= 0.6 is 0 Å². The van der Waals surface area contributed by atoms with E-state index >= 15 is 0 Å². The third-order valence-electron chi connectivity index (χ3n) is 5.03. The van der Waals surface area contributed by atoms with Crippen molar-refractivity contribution in [2.75, 3.05) is 16.8 Å². The Bertz CT molecular complexity index is 1040. The Morgan fingerprint density at radius 3 is 2.66 bits per heavy atom. The molecule has 1 aromatic heterocycles. The Morgan fingerprint density at radius 2 is 1.93 bits per heavy atom. The maximum atomic E-state index is 12.9. The van der Waals surface area contributed by atoms with Gasteiger partial charge in [-0.1, -0.05) is 41.1 Å². The van der Waals surface area contributed by atoms with Gasteiger partial charge >= 0.3 is 0 Å². The van der Waals surface area contributed by atoms with Gasteiger partial charge in [0.15, 0.2) is 5.82 Å². The third kappa shape index (κ3) is 4.18. The van der Waals surface area contributed by atoms with Gasteiger partial charge in [-0.2, -0.15) is 4.98 Å². The molecule has 4 rings (SSSR count). The molecule has 0 radical (unpaired) electrons. The second-order valence-corrected chi connectivity index (χ2v) is 7.30. The Balaban J connectivity index is 1.46. The number of aromatic nitrogens is 2. The highest BCUT2D eigenvalue weighted by molar-refractivity contribution is 6.03. The van der Waals surface area contributed by atoms with E-state index in [-0.39, 0.29) is 18.2 Å². The van der Waals surface area contributed by atoms with E-state index in [9.17, 15) is 9.59 Å². The first-order chi connectivity index (χ1) is 14.0. The number of nitrogens with one attached hydrogen (secondary N) is 1. The van der Waals surface area contributed by atoms with Crippen molar-refractivity contribution in [3.05, 3.63) is 71.4 Å². The predicted molar refractivity (Wildman–Crippen MR) is 109 cm³/mol. The molecule has 148 valence electrons. The van der Waals surface area contributed by atoms with Gasteiger partial charge in [-0.05, 0) is 37.6 Å². The summed E-state index contributed by atoms with van der Waals surface area (Å²) in [5.41, 5.74) is 3.52. The molecule has 1 atom stereocenters. The summed E-state index contributed by atoms with van der Waals surface area (Å²) in [5.74, 6) is 0.459. The van der Waals surface area contributed by atoms with Crippen LogP contribution in [0.5, 0.6) is 0 Å². The van der Waals surface area contributed by atoms with Crippen LogP contribution in [0.3, 0.4) is 0 Å². The van der Waals surface area contributed by atoms with Gasteiger partial charge < -0.3 is 14.7 Å². The molecule has 29 heavy (non-hydrogen) atoms. The minimum absolute atomic E-state index is 0.0383. The van der Waals surface area contributed by atoms with Crippen LogP contribution in [-0.4, -0.2) is 28.5 Å². The van der Waals surface area contributed by atoms with Gasteiger partial charge in [-0.3, -0.25) is 9.59 Å². The molecule has 0 bridgehead atoms. The Kier molecular flexibility index (Phi) is 5.12. The number of nitrogens with zero attached hydrogens (tertiary/aromatic N) is 3. The van der Waals surface area contributed by atoms with Crippen molar-refractivity contribution in [1.82, 2.24) is 10.1 Å². The first-order valence-electron chi connectivity index (χ1n) is 9.54. The number of hydrogen-bond donors (Lipinski definition) is 1. The molecule has 0 aliphatic carbocycles. The number of para-hydroxylation sites is 1. The second kappa shape index (κ2) is 7.87. The largest absolute Gasteiger partial charge is 0.339 e. The number of amides is 2. The monoisotopic (exact) mass is 390 g/mol. The fourth-order valence-corrected chi connectivity index (χ4v) is 3.46. The van der Waals surface area contributed by atoms with E-state index in [1.807, 2.05) is 55.5 Å². The quantitative estimate of drug-likeness (QED) is 0.722. The van der Waals surface area contributed by atoms with Crippen LogP contribution in [0.2, 0.25) is 0 Å². The van der Waals surface area contributed by atoms with Crippen molar-refractivity contribution in [2.45, 2.75) is 26.7 Å². The molecular weight excluding hydrogens is 368 g/mol. The molecule has 2 aromatic carbocycles. The lowest BCUT2D eigenvalue weighted by Gasteiger charge is -2.17. The first kappa shape index (κ1) is 18.9. The lowest BCUT2D eigenvalue weighted by molar-refractivity contribution is -0.122. The Morgan fingerprint density at radius 1 is 1.17 bits per heavy atom. The molecule has 2 heterocycles. The molecule has 1 fully saturated rings. The minimum atomic E-state index is -0.400. The van der Waals surface area contributed by atoms with Gasteiger partial charge in [-0.25, -0.2) is 0 Å². The summed E-state index contributed by atoms with van der Waals surface area (Å²) >= 11 is 0. The minimum Gasteiger partial charge on any atom is -0.339 e. The van der Waals surface area contributed by atoms with Crippen LogP contribution in [0.1, 0.15) is 29.3 Å². The summed E-state index contributed by atoms with van der Waals surface area (Å²) in [6, 6.07) is 15.3. The molecule has 2 amide bonds. The number of hydrogen-bond acceptors (Lipinski definition) is 5. The van der Waals surface area contributed by atoms with Gasteiger partial charge in [0.1, 0.15) is 0 Å². The van der Waals surface area contributed by atoms with E-state index in [0.29, 0.717) is 30.4 Å². The van der Waals surface area contributed by atoms with E-state index in [2.05, 4.69) is 15.5 Å². The van der Waals surface area contributed by atoms with Gasteiger partial charge in [0.25, 0.3) is 0 Å². The van der Waals surface area contributed by atoms with E-state index in [1.165, 1.54) is 0 Å². The highest BCUT2D eigenvalue weighted by Crippen LogP contribution is 2.27. The lowest BCUT2D eigenvalue weighted by Crippen LogP contribution is -2.28. The molecule has 1 unspecified atom stereocenters. The van der Waals surface area contributed by atoms with Crippen molar-refractivity contribution in [3.8, 4) is 0 Å². The van der Waals surface area contributed by atoms with Gasteiger partial charge in [0.2, 0.25) is 17.7 Å². The Hall–Kier alpha value is -3.48. The van der Waals surface area contributed by atoms with E-state index < -0.39 is 5.92 Å². The summed E-state index contributed by atoms with van der Waals surface area (Å²) in [6.45, 7) is 4.13. The van der Waals surface area contributed by atoms with Crippen LogP contribution in [0, 0.1) is 19.8 Å². The van der Waals surface area contributed by atoms with E-state index in [0.717, 1.165) is 16.8 Å². The van der Waals surface area contributed by atoms with Gasteiger partial charge in [0, 0.05) is 24.3 Å². The number of benzene rings is 2. The fraction of sp³-hybridized carbons (Fsp3) is 0.273. The highest BCUT2D eigenvalue weighted by atomic mass is 16.5. The number of anilines is 2. The second-order valence-electron chi connectivity index (χ2n) is 7.30. The average molecular weight is 390 g/mol. The number of carbonyl (C=O) groups is 2. The molecule has 0 saturated carbocycles. The van der Waals surface area contributed by atoms with Crippen molar-refractivity contribution in [1.29, 1.82) is 0 Å². The lowest BCUT2D eigenvalue weighted by atomic mass is 10.1. The molecule has 1 aliphatic heterocycles. The zero-order chi connectivity index (χ0) is 20.4. The first-order valence-corrected chi connectivity index (χ1v) is 9.54. The summed E-state index contributed by atoms with van der Waals surface area (Å²) in [7, 11) is 0. The number of aryl methyl sites for hydroxylation is 2. The van der Waals surface area contributed by atoms with Crippen molar-refractivity contribution in [2.24, 2.45) is 5.92 Å². The van der Waals surface area contributed by atoms with Crippen LogP contribution in [0.25, 0.3) is 0 Å². The number of rotatable bonds is 5. The highest BCUT2D eigenvalue weighted by Gasteiger charge is 2.35. The SMILES string of the molecule is Cc1ccc(N2CC(C(=O)Nc3ccccc3Cc3nc(C)no3)CC2=O)cc1. The van der Waals surface area contributed by atoms with Gasteiger partial charge in [-0.15, -0.1) is 0 Å². The van der Waals surface area contributed by atoms with Gasteiger partial charge in [0.05, 0.1) is 12.3 Å². The number of carbonyl (C=O) groups excluding carboxylic acids is 2. The maximum absolute atomic E-state index is 12.9. The molecule has 1 aliphatic rings. The third-order valence-corrected chi connectivity index (χ3v) is 5.03. The van der Waals surface area contributed by atoms with E-state index in [1.54, 1.807) is 11.8 Å². The molecule has 1 N–H and O–H groups in total. The topological polar surface area (TPSA) is 88.3 Å². The molecular formula is C22H22N4O3. The predicted octanol–water partition coefficient (Wildman–Crippen LogP) is 3.27. The zero-order valence-corrected chi connectivity index (χ0v) is 16.4. The van der Waals surface area contributed by atoms with Crippen LogP contribution < -0.4 is 10.2 Å². The Labute approximate surface area is 168 Å². The zero-order valence-electron chi connectivity index (χ0n) is 16.4. The molecule has 0 spiro atoms. The van der Waals surface area contributed by atoms with Crippen molar-refractivity contribution < 1.29 is 14.1 Å². The summed E-state index contributed by atoms with van der Waals surface area (Å²) < 4.78 is 5.19. The van der Waals surface area contributed by atoms with Crippen molar-refractivity contribution >= 4 is 23.2 Å². The van der Waals surface area contributed by atoms with E-state index in [4.69, 9.17) is 4.52 Å². The van der Waals surface area contributed by atoms with Crippen molar-refractivity contribution in [3.63, 3.8) is 0 Å². The summed E-state index contributed by atoms with van der Waals surface area (Å²) in [4.78, 5) is 31.2. The normalized spacial score (nSPS) is 16.3. The maximum Gasteiger partial charge on any atom is 0.231 e.